The Hall–Kier alpha value is -4.34. The van der Waals surface area contributed by atoms with E-state index in [1.165, 1.54) is 25.3 Å². The number of aromatic nitrogens is 4. The summed E-state index contributed by atoms with van der Waals surface area (Å²) < 4.78 is 75.3. The van der Waals surface area contributed by atoms with E-state index in [9.17, 15) is 13.2 Å². The first-order chi connectivity index (χ1) is 27.9. The second-order valence-corrected chi connectivity index (χ2v) is 17.8. The fourth-order valence-electron chi connectivity index (χ4n) is 10.5. The molecule has 1 aliphatic carbocycles. The Bertz CT molecular complexity index is 2410. The van der Waals surface area contributed by atoms with E-state index in [2.05, 4.69) is 27.5 Å². The molecular formula is C46H52F5N7. The molecule has 1 saturated carbocycles. The molecule has 306 valence electrons. The number of hydrogen-bond acceptors (Lipinski definition) is 6. The molecule has 2 atom stereocenters. The number of benzene rings is 3. The molecule has 3 aromatic carbocycles. The van der Waals surface area contributed by atoms with Gasteiger partial charge in [0.2, 0.25) is 0 Å². The Morgan fingerprint density at radius 3 is 2.34 bits per heavy atom. The third-order valence-electron chi connectivity index (χ3n) is 13.6. The maximum absolute atomic E-state index is 18.0. The van der Waals surface area contributed by atoms with Crippen LogP contribution in [0.5, 0.6) is 0 Å². The lowest BCUT2D eigenvalue weighted by Crippen LogP contribution is -2.54. The van der Waals surface area contributed by atoms with Gasteiger partial charge in [0.15, 0.2) is 5.82 Å². The summed E-state index contributed by atoms with van der Waals surface area (Å²) in [7, 11) is 1.82. The van der Waals surface area contributed by atoms with Gasteiger partial charge >= 0.3 is 6.18 Å². The zero-order chi connectivity index (χ0) is 40.5. The van der Waals surface area contributed by atoms with Crippen molar-refractivity contribution in [3.63, 3.8) is 0 Å². The standard InChI is InChI=1S/C46H52F5N7/c1-5-7-8-19-57-24-31-10-11-32(25-57)58(31)44-40-35-26-55(4)54-42(35)39(34-23-28(3)22-29-9-12-36(47)33(6-2)38(29)34)41(48)43(40)52-37(53-44)13-16-45(17-18-45)27-56-20-14-30(15-21-56)46(49,50)51/h2,9,12,22-23,26,30-32H,5,7-8,10-11,13-21,24-25,27H2,1,3-4H3. The maximum Gasteiger partial charge on any atom is 0.391 e. The summed E-state index contributed by atoms with van der Waals surface area (Å²) in [5.41, 5.74) is 2.30. The van der Waals surface area contributed by atoms with Gasteiger partial charge in [0.25, 0.3) is 0 Å². The monoisotopic (exact) mass is 797 g/mol. The van der Waals surface area contributed by atoms with Gasteiger partial charge in [-0.2, -0.15) is 18.3 Å². The van der Waals surface area contributed by atoms with Crippen LogP contribution in [0.3, 0.4) is 0 Å². The summed E-state index contributed by atoms with van der Waals surface area (Å²) in [6, 6.07) is 7.26. The Morgan fingerprint density at radius 2 is 1.67 bits per heavy atom. The van der Waals surface area contributed by atoms with Crippen molar-refractivity contribution < 1.29 is 22.0 Å². The molecule has 12 heteroatoms. The van der Waals surface area contributed by atoms with E-state index in [4.69, 9.17) is 21.5 Å². The predicted octanol–water partition coefficient (Wildman–Crippen LogP) is 9.73. The van der Waals surface area contributed by atoms with E-state index in [0.29, 0.717) is 52.6 Å². The summed E-state index contributed by atoms with van der Waals surface area (Å²) in [6.45, 7) is 8.71. The Morgan fingerprint density at radius 1 is 0.931 bits per heavy atom. The third-order valence-corrected chi connectivity index (χ3v) is 13.6. The molecule has 3 saturated heterocycles. The Balaban J connectivity index is 1.16. The van der Waals surface area contributed by atoms with Crippen LogP contribution in [0.25, 0.3) is 43.7 Å². The van der Waals surface area contributed by atoms with Crippen LogP contribution in [-0.4, -0.2) is 87.1 Å². The lowest BCUT2D eigenvalue weighted by Gasteiger charge is -2.42. The van der Waals surface area contributed by atoms with Gasteiger partial charge in [-0.25, -0.2) is 18.7 Å². The van der Waals surface area contributed by atoms with Gasteiger partial charge in [0.1, 0.15) is 28.5 Å². The molecule has 58 heavy (non-hydrogen) atoms. The quantitative estimate of drug-likeness (QED) is 0.0754. The number of likely N-dealkylation sites (tertiary alicyclic amines) is 2. The summed E-state index contributed by atoms with van der Waals surface area (Å²) in [6.07, 6.45) is 12.9. The molecule has 2 unspecified atom stereocenters. The number of halogens is 5. The maximum atomic E-state index is 18.0. The van der Waals surface area contributed by atoms with E-state index in [-0.39, 0.29) is 47.0 Å². The molecule has 2 bridgehead atoms. The lowest BCUT2D eigenvalue weighted by molar-refractivity contribution is -0.185. The minimum absolute atomic E-state index is 0.0140. The average molecular weight is 798 g/mol. The zero-order valence-corrected chi connectivity index (χ0v) is 33.7. The minimum Gasteiger partial charge on any atom is -0.347 e. The van der Waals surface area contributed by atoms with Crippen molar-refractivity contribution in [1.29, 1.82) is 0 Å². The molecule has 2 aromatic heterocycles. The van der Waals surface area contributed by atoms with Crippen LogP contribution in [0, 0.1) is 42.2 Å². The molecule has 5 aromatic rings. The van der Waals surface area contributed by atoms with Gasteiger partial charge in [-0.1, -0.05) is 43.9 Å². The van der Waals surface area contributed by atoms with Crippen molar-refractivity contribution in [2.45, 2.75) is 103 Å². The normalized spacial score (nSPS) is 21.5. The lowest BCUT2D eigenvalue weighted by atomic mass is 9.90. The van der Waals surface area contributed by atoms with Crippen LogP contribution in [0.4, 0.5) is 27.8 Å². The molecule has 0 radical (unpaired) electrons. The van der Waals surface area contributed by atoms with Crippen molar-refractivity contribution in [2.75, 3.05) is 44.2 Å². The number of alkyl halides is 3. The van der Waals surface area contributed by atoms with Crippen molar-refractivity contribution in [2.24, 2.45) is 18.4 Å². The number of terminal acetylenes is 1. The van der Waals surface area contributed by atoms with Gasteiger partial charge < -0.3 is 9.80 Å². The minimum atomic E-state index is -4.14. The Kier molecular flexibility index (Phi) is 10.2. The van der Waals surface area contributed by atoms with Gasteiger partial charge in [-0.15, -0.1) is 6.42 Å². The number of unbranched alkanes of at least 4 members (excludes halogenated alkanes) is 2. The van der Waals surface area contributed by atoms with Gasteiger partial charge in [0.05, 0.1) is 16.9 Å². The molecule has 9 rings (SSSR count). The highest BCUT2D eigenvalue weighted by Gasteiger charge is 2.47. The second-order valence-electron chi connectivity index (χ2n) is 17.8. The van der Waals surface area contributed by atoms with Crippen molar-refractivity contribution in [3.05, 3.63) is 59.0 Å². The zero-order valence-electron chi connectivity index (χ0n) is 33.7. The smallest absolute Gasteiger partial charge is 0.347 e. The molecule has 0 spiro atoms. The van der Waals surface area contributed by atoms with Gasteiger partial charge in [0, 0.05) is 67.7 Å². The predicted molar refractivity (Wildman–Crippen MR) is 220 cm³/mol. The summed E-state index contributed by atoms with van der Waals surface area (Å²) in [4.78, 5) is 17.7. The second kappa shape index (κ2) is 15.0. The molecule has 3 aliphatic heterocycles. The van der Waals surface area contributed by atoms with E-state index in [1.807, 2.05) is 32.3 Å². The number of piperidine rings is 1. The van der Waals surface area contributed by atoms with Crippen LogP contribution in [-0.2, 0) is 13.5 Å². The van der Waals surface area contributed by atoms with E-state index in [1.54, 1.807) is 10.7 Å². The first-order valence-electron chi connectivity index (χ1n) is 21.2. The first kappa shape index (κ1) is 39.1. The number of hydrogen-bond donors (Lipinski definition) is 0. The highest BCUT2D eigenvalue weighted by atomic mass is 19.4. The van der Waals surface area contributed by atoms with Gasteiger partial charge in [-0.3, -0.25) is 9.58 Å². The first-order valence-corrected chi connectivity index (χ1v) is 21.2. The van der Waals surface area contributed by atoms with Gasteiger partial charge in [-0.05, 0) is 106 Å². The average Bonchev–Trinajstić information content (AvgIpc) is 3.76. The number of anilines is 1. The number of piperazine rings is 1. The summed E-state index contributed by atoms with van der Waals surface area (Å²) in [5, 5.41) is 7.40. The van der Waals surface area contributed by atoms with Crippen LogP contribution in [0.1, 0.15) is 88.1 Å². The van der Waals surface area contributed by atoms with Crippen molar-refractivity contribution in [3.8, 4) is 23.5 Å². The van der Waals surface area contributed by atoms with Crippen LogP contribution in [0.15, 0.2) is 30.5 Å². The number of aryl methyl sites for hydroxylation is 3. The fraction of sp³-hybridized carbons (Fsp3) is 0.543. The van der Waals surface area contributed by atoms with Crippen molar-refractivity contribution >= 4 is 38.4 Å². The Labute approximate surface area is 337 Å². The van der Waals surface area contributed by atoms with E-state index < -0.39 is 23.7 Å². The fourth-order valence-corrected chi connectivity index (χ4v) is 10.5. The highest BCUT2D eigenvalue weighted by Crippen LogP contribution is 2.51. The molecule has 0 amide bonds. The molecular weight excluding hydrogens is 746 g/mol. The molecule has 4 fully saturated rings. The van der Waals surface area contributed by atoms with E-state index >= 15 is 8.78 Å². The highest BCUT2D eigenvalue weighted by molar-refractivity contribution is 6.18. The molecule has 5 heterocycles. The summed E-state index contributed by atoms with van der Waals surface area (Å²) in [5.74, 6) is 1.53. The van der Waals surface area contributed by atoms with Crippen LogP contribution in [0.2, 0.25) is 0 Å². The van der Waals surface area contributed by atoms with E-state index in [0.717, 1.165) is 75.1 Å². The SMILES string of the molecule is C#Cc1c(F)ccc2cc(C)cc(-c3c(F)c4nc(CCC5(CN6CCC(C(F)(F)F)CC6)CC5)nc(N5C6CCC5CN(CCCCC)C6)c4c4cn(C)nc34)c12. The molecule has 7 nitrogen and oxygen atoms in total. The number of nitrogens with zero attached hydrogens (tertiary/aromatic N) is 7. The molecule has 4 aliphatic rings. The van der Waals surface area contributed by atoms with Crippen LogP contribution >= 0.6 is 0 Å². The van der Waals surface area contributed by atoms with Crippen molar-refractivity contribution in [1.82, 2.24) is 29.5 Å². The number of rotatable bonds is 11. The number of fused-ring (bicyclic) bond motifs is 6. The summed E-state index contributed by atoms with van der Waals surface area (Å²) >= 11 is 0. The van der Waals surface area contributed by atoms with Crippen LogP contribution < -0.4 is 4.90 Å². The topological polar surface area (TPSA) is 53.3 Å². The third kappa shape index (κ3) is 7.10. The largest absolute Gasteiger partial charge is 0.391 e. The molecule has 0 N–H and O–H groups in total.